The predicted octanol–water partition coefficient (Wildman–Crippen LogP) is -2.32. The molecule has 9 N–H and O–H groups in total. The van der Waals surface area contributed by atoms with Crippen molar-refractivity contribution in [2.75, 3.05) is 0 Å². The molecule has 0 heterocycles. The first-order valence-electron chi connectivity index (χ1n) is 9.89. The van der Waals surface area contributed by atoms with Crippen LogP contribution in [0.15, 0.2) is 24.3 Å². The van der Waals surface area contributed by atoms with Crippen molar-refractivity contribution in [3.8, 4) is 5.75 Å². The predicted molar refractivity (Wildman–Crippen MR) is 113 cm³/mol. The van der Waals surface area contributed by atoms with Crippen LogP contribution in [0.2, 0.25) is 0 Å². The molecule has 182 valence electrons. The smallest absolute Gasteiger partial charge is 0.326 e. The van der Waals surface area contributed by atoms with Crippen molar-refractivity contribution >= 4 is 29.7 Å². The van der Waals surface area contributed by atoms with E-state index in [1.54, 1.807) is 12.1 Å². The highest BCUT2D eigenvalue weighted by Gasteiger charge is 2.32. The fourth-order valence-electron chi connectivity index (χ4n) is 2.68. The normalized spacial score (nSPS) is 15.3. The molecule has 33 heavy (non-hydrogen) atoms. The van der Waals surface area contributed by atoms with E-state index in [4.69, 9.17) is 15.9 Å². The number of phenols is 1. The maximum Gasteiger partial charge on any atom is 0.326 e. The molecule has 3 amide bonds. The van der Waals surface area contributed by atoms with Gasteiger partial charge >= 0.3 is 11.9 Å². The molecule has 0 bridgehead atoms. The highest BCUT2D eigenvalue weighted by atomic mass is 16.4. The Hall–Kier alpha value is -3.71. The van der Waals surface area contributed by atoms with E-state index in [9.17, 15) is 34.2 Å². The van der Waals surface area contributed by atoms with Gasteiger partial charge in [-0.3, -0.25) is 19.2 Å². The van der Waals surface area contributed by atoms with Crippen molar-refractivity contribution in [3.05, 3.63) is 29.8 Å². The number of aliphatic carboxylic acids is 2. The molecule has 5 atom stereocenters. The molecule has 1 aromatic rings. The van der Waals surface area contributed by atoms with Gasteiger partial charge in [0.05, 0.1) is 18.6 Å². The van der Waals surface area contributed by atoms with Gasteiger partial charge in [-0.2, -0.15) is 0 Å². The van der Waals surface area contributed by atoms with Crippen LogP contribution in [0.4, 0.5) is 0 Å². The molecule has 1 aromatic carbocycles. The number of aliphatic hydroxyl groups is 1. The minimum Gasteiger partial charge on any atom is -0.508 e. The Bertz CT molecular complexity index is 873. The molecule has 13 heteroatoms. The number of carboxylic acids is 2. The SMILES string of the molecule is CC(NC(=O)C(N)Cc1ccc(O)cc1)C(=O)NC(C(=O)NC(CC(=O)O)C(=O)O)C(C)O. The Kier molecular flexibility index (Phi) is 10.2. The van der Waals surface area contributed by atoms with Gasteiger partial charge in [0.1, 0.15) is 23.9 Å². The van der Waals surface area contributed by atoms with Crippen LogP contribution in [-0.2, 0) is 30.4 Å². The molecular formula is C20H28N4O9. The topological polar surface area (TPSA) is 228 Å². The molecule has 0 radical (unpaired) electrons. The number of hydrogen-bond donors (Lipinski definition) is 8. The summed E-state index contributed by atoms with van der Waals surface area (Å²) in [6, 6.07) is 0.449. The van der Waals surface area contributed by atoms with E-state index in [2.05, 4.69) is 10.6 Å². The average Bonchev–Trinajstić information content (AvgIpc) is 2.71. The molecule has 1 rings (SSSR count). The van der Waals surface area contributed by atoms with Crippen molar-refractivity contribution in [1.29, 1.82) is 0 Å². The summed E-state index contributed by atoms with van der Waals surface area (Å²) in [5.74, 6) is -5.68. The summed E-state index contributed by atoms with van der Waals surface area (Å²) in [4.78, 5) is 58.9. The van der Waals surface area contributed by atoms with E-state index in [1.165, 1.54) is 19.1 Å². The van der Waals surface area contributed by atoms with Crippen molar-refractivity contribution in [2.45, 2.75) is 57.0 Å². The van der Waals surface area contributed by atoms with Crippen LogP contribution in [-0.4, -0.2) is 80.4 Å². The number of phenolic OH excluding ortho intramolecular Hbond substituents is 1. The second kappa shape index (κ2) is 12.4. The fraction of sp³-hybridized carbons (Fsp3) is 0.450. The average molecular weight is 468 g/mol. The van der Waals surface area contributed by atoms with E-state index >= 15 is 0 Å². The lowest BCUT2D eigenvalue weighted by Gasteiger charge is -2.25. The minimum absolute atomic E-state index is 0.0522. The minimum atomic E-state index is -1.77. The summed E-state index contributed by atoms with van der Waals surface area (Å²) in [7, 11) is 0. The van der Waals surface area contributed by atoms with Crippen molar-refractivity contribution in [3.63, 3.8) is 0 Å². The maximum atomic E-state index is 12.4. The van der Waals surface area contributed by atoms with E-state index < -0.39 is 66.4 Å². The number of nitrogens with two attached hydrogens (primary N) is 1. The molecule has 5 unspecified atom stereocenters. The van der Waals surface area contributed by atoms with Crippen molar-refractivity contribution in [2.24, 2.45) is 5.73 Å². The van der Waals surface area contributed by atoms with Crippen molar-refractivity contribution in [1.82, 2.24) is 16.0 Å². The first-order valence-corrected chi connectivity index (χ1v) is 9.89. The monoisotopic (exact) mass is 468 g/mol. The maximum absolute atomic E-state index is 12.4. The van der Waals surface area contributed by atoms with E-state index in [1.807, 2.05) is 5.32 Å². The first-order chi connectivity index (χ1) is 15.3. The number of aromatic hydroxyl groups is 1. The number of benzene rings is 1. The standard InChI is InChI=1S/C20H28N4O9/c1-9(22-18(30)13(21)7-11-3-5-12(26)6-4-11)17(29)24-16(10(2)25)19(31)23-14(20(32)33)8-15(27)28/h3-6,9-10,13-14,16,25-26H,7-8,21H2,1-2H3,(H,22,30)(H,23,31)(H,24,29)(H,27,28)(H,32,33). The van der Waals surface area contributed by atoms with Gasteiger partial charge in [-0.25, -0.2) is 4.79 Å². The Morgan fingerprint density at radius 3 is 1.97 bits per heavy atom. The van der Waals surface area contributed by atoms with Gasteiger partial charge in [0.15, 0.2) is 0 Å². The summed E-state index contributed by atoms with van der Waals surface area (Å²) in [6.07, 6.45) is -2.25. The largest absolute Gasteiger partial charge is 0.508 e. The molecular weight excluding hydrogens is 440 g/mol. The lowest BCUT2D eigenvalue weighted by molar-refractivity contribution is -0.147. The molecule has 13 nitrogen and oxygen atoms in total. The number of carbonyl (C=O) groups is 5. The summed E-state index contributed by atoms with van der Waals surface area (Å²) in [6.45, 7) is 2.47. The zero-order valence-corrected chi connectivity index (χ0v) is 18.0. The molecule has 0 aliphatic rings. The molecule has 0 saturated heterocycles. The third-order valence-corrected chi connectivity index (χ3v) is 4.54. The third kappa shape index (κ3) is 9.13. The highest BCUT2D eigenvalue weighted by Crippen LogP contribution is 2.11. The zero-order chi connectivity index (χ0) is 25.3. The van der Waals surface area contributed by atoms with E-state index in [-0.39, 0.29) is 12.2 Å². The lowest BCUT2D eigenvalue weighted by atomic mass is 10.1. The number of rotatable bonds is 12. The number of hydrogen-bond acceptors (Lipinski definition) is 8. The first kappa shape index (κ1) is 27.3. The van der Waals surface area contributed by atoms with Crippen LogP contribution in [0.25, 0.3) is 0 Å². The Balaban J connectivity index is 2.72. The molecule has 0 aliphatic carbocycles. The molecule has 0 aliphatic heterocycles. The quantitative estimate of drug-likeness (QED) is 0.163. The van der Waals surface area contributed by atoms with Gasteiger partial charge < -0.3 is 42.1 Å². The summed E-state index contributed by atoms with van der Waals surface area (Å²) in [5.41, 5.74) is 6.52. The van der Waals surface area contributed by atoms with Crippen LogP contribution in [0.3, 0.4) is 0 Å². The lowest BCUT2D eigenvalue weighted by Crippen LogP contribution is -2.59. The van der Waals surface area contributed by atoms with Crippen LogP contribution >= 0.6 is 0 Å². The van der Waals surface area contributed by atoms with Gasteiger partial charge in [0.2, 0.25) is 17.7 Å². The molecule has 0 saturated carbocycles. The van der Waals surface area contributed by atoms with E-state index in [0.29, 0.717) is 5.56 Å². The summed E-state index contributed by atoms with van der Waals surface area (Å²) < 4.78 is 0. The fourth-order valence-corrected chi connectivity index (χ4v) is 2.68. The van der Waals surface area contributed by atoms with Crippen LogP contribution in [0.1, 0.15) is 25.8 Å². The number of nitrogens with one attached hydrogen (secondary N) is 3. The second-order valence-corrected chi connectivity index (χ2v) is 7.43. The van der Waals surface area contributed by atoms with Crippen molar-refractivity contribution < 1.29 is 44.4 Å². The van der Waals surface area contributed by atoms with Gasteiger partial charge in [0.25, 0.3) is 0 Å². The number of carboxylic acid groups (broad SMARTS) is 2. The highest BCUT2D eigenvalue weighted by molar-refractivity contribution is 5.94. The van der Waals surface area contributed by atoms with Crippen LogP contribution in [0, 0.1) is 0 Å². The van der Waals surface area contributed by atoms with Gasteiger partial charge in [-0.1, -0.05) is 12.1 Å². The molecule has 0 fully saturated rings. The molecule has 0 spiro atoms. The van der Waals surface area contributed by atoms with E-state index in [0.717, 1.165) is 6.92 Å². The van der Waals surface area contributed by atoms with Gasteiger partial charge in [0, 0.05) is 0 Å². The van der Waals surface area contributed by atoms with Crippen LogP contribution in [0.5, 0.6) is 5.75 Å². The third-order valence-electron chi connectivity index (χ3n) is 4.54. The zero-order valence-electron chi connectivity index (χ0n) is 18.0. The molecule has 0 aromatic heterocycles. The summed E-state index contributed by atoms with van der Waals surface area (Å²) >= 11 is 0. The second-order valence-electron chi connectivity index (χ2n) is 7.43. The number of carbonyl (C=O) groups excluding carboxylic acids is 3. The number of amides is 3. The Morgan fingerprint density at radius 1 is 0.909 bits per heavy atom. The Morgan fingerprint density at radius 2 is 1.48 bits per heavy atom. The summed E-state index contributed by atoms with van der Waals surface area (Å²) in [5, 5.41) is 43.4. The Labute approximate surface area is 189 Å². The van der Waals surface area contributed by atoms with Crippen LogP contribution < -0.4 is 21.7 Å². The number of aliphatic hydroxyl groups excluding tert-OH is 1. The van der Waals surface area contributed by atoms with Gasteiger partial charge in [-0.05, 0) is 38.0 Å². The van der Waals surface area contributed by atoms with Gasteiger partial charge in [-0.15, -0.1) is 0 Å².